The summed E-state index contributed by atoms with van der Waals surface area (Å²) >= 11 is 0. The van der Waals surface area contributed by atoms with Gasteiger partial charge in [0.2, 0.25) is 5.91 Å². The van der Waals surface area contributed by atoms with E-state index in [1.807, 2.05) is 29.2 Å². The highest BCUT2D eigenvalue weighted by Crippen LogP contribution is 2.26. The van der Waals surface area contributed by atoms with Crippen LogP contribution >= 0.6 is 0 Å². The van der Waals surface area contributed by atoms with Gasteiger partial charge in [-0.2, -0.15) is 5.10 Å². The number of aromatic nitrogens is 5. The first-order valence-electron chi connectivity index (χ1n) is 10.8. The Kier molecular flexibility index (Phi) is 5.08. The standard InChI is InChI=1S/C23H24N6O3/c1-15-11-22(31)29-20(25-15)12-19(26-29)17-6-4-9-27(14-17)21(30)8-10-28-23(32)18-7-3-2-5-16(18)13-24-28/h2-3,5,7,11-13,17,26H,4,6,8-10,14H2,1H3/t17-/m1/s1. The van der Waals surface area contributed by atoms with Gasteiger partial charge in [-0.1, -0.05) is 18.2 Å². The third-order valence-corrected chi connectivity index (χ3v) is 6.11. The molecule has 1 amide bonds. The van der Waals surface area contributed by atoms with Crippen LogP contribution < -0.4 is 11.1 Å². The highest BCUT2D eigenvalue weighted by Gasteiger charge is 2.26. The minimum Gasteiger partial charge on any atom is -0.342 e. The van der Waals surface area contributed by atoms with Gasteiger partial charge in [-0.15, -0.1) is 0 Å². The molecule has 9 heteroatoms. The molecule has 32 heavy (non-hydrogen) atoms. The number of carbonyl (C=O) groups is 1. The van der Waals surface area contributed by atoms with Crippen molar-refractivity contribution in [2.75, 3.05) is 13.1 Å². The number of H-pyrrole nitrogens is 1. The van der Waals surface area contributed by atoms with Gasteiger partial charge in [-0.05, 0) is 25.8 Å². The zero-order valence-corrected chi connectivity index (χ0v) is 17.8. The monoisotopic (exact) mass is 432 g/mol. The van der Waals surface area contributed by atoms with Crippen LogP contribution in [0.2, 0.25) is 0 Å². The number of hydrogen-bond acceptors (Lipinski definition) is 5. The molecule has 1 aliphatic heterocycles. The van der Waals surface area contributed by atoms with E-state index in [0.717, 1.165) is 23.9 Å². The molecule has 4 heterocycles. The zero-order valence-electron chi connectivity index (χ0n) is 17.8. The van der Waals surface area contributed by atoms with E-state index in [4.69, 9.17) is 0 Å². The minimum atomic E-state index is -0.182. The Morgan fingerprint density at radius 2 is 2.06 bits per heavy atom. The first-order valence-corrected chi connectivity index (χ1v) is 10.8. The van der Waals surface area contributed by atoms with Gasteiger partial charge < -0.3 is 4.90 Å². The number of amides is 1. The summed E-state index contributed by atoms with van der Waals surface area (Å²) in [4.78, 5) is 44.0. The van der Waals surface area contributed by atoms with E-state index in [1.165, 1.54) is 15.3 Å². The molecule has 0 aliphatic carbocycles. The van der Waals surface area contributed by atoms with Crippen LogP contribution in [0.15, 0.2) is 52.2 Å². The molecule has 0 spiro atoms. The smallest absolute Gasteiger partial charge is 0.274 e. The highest BCUT2D eigenvalue weighted by molar-refractivity contribution is 5.80. The molecule has 1 aliphatic rings. The molecular weight excluding hydrogens is 408 g/mol. The summed E-state index contributed by atoms with van der Waals surface area (Å²) in [5.74, 6) is 0.106. The molecule has 4 aromatic rings. The van der Waals surface area contributed by atoms with Crippen molar-refractivity contribution in [3.05, 3.63) is 74.7 Å². The first-order chi connectivity index (χ1) is 15.5. The molecule has 1 fully saturated rings. The highest BCUT2D eigenvalue weighted by atomic mass is 16.2. The summed E-state index contributed by atoms with van der Waals surface area (Å²) in [7, 11) is 0. The summed E-state index contributed by atoms with van der Waals surface area (Å²) in [6.07, 6.45) is 3.67. The van der Waals surface area contributed by atoms with Crippen LogP contribution in [0.25, 0.3) is 16.4 Å². The average molecular weight is 432 g/mol. The number of rotatable bonds is 4. The van der Waals surface area contributed by atoms with Crippen molar-refractivity contribution >= 4 is 22.3 Å². The summed E-state index contributed by atoms with van der Waals surface area (Å²) in [5, 5.41) is 8.76. The second kappa shape index (κ2) is 8.07. The Morgan fingerprint density at radius 1 is 1.22 bits per heavy atom. The summed E-state index contributed by atoms with van der Waals surface area (Å²) in [6.45, 7) is 3.30. The van der Waals surface area contributed by atoms with Gasteiger partial charge in [0, 0.05) is 54.3 Å². The maximum absolute atomic E-state index is 12.9. The van der Waals surface area contributed by atoms with Gasteiger partial charge >= 0.3 is 0 Å². The van der Waals surface area contributed by atoms with E-state index in [2.05, 4.69) is 15.2 Å². The van der Waals surface area contributed by atoms with Crippen LogP contribution in [0, 0.1) is 6.92 Å². The van der Waals surface area contributed by atoms with Gasteiger partial charge in [0.15, 0.2) is 5.65 Å². The normalized spacial score (nSPS) is 16.7. The predicted octanol–water partition coefficient (Wildman–Crippen LogP) is 1.84. The fourth-order valence-electron chi connectivity index (χ4n) is 4.44. The maximum atomic E-state index is 12.9. The SMILES string of the molecule is Cc1cc(=O)n2[nH]c([C@@H]3CCCN(C(=O)CCn4ncc5ccccc5c4=O)C3)cc2n1. The number of aromatic amines is 1. The van der Waals surface area contributed by atoms with Crippen molar-refractivity contribution in [3.8, 4) is 0 Å². The minimum absolute atomic E-state index is 0.00111. The lowest BCUT2D eigenvalue weighted by Crippen LogP contribution is -2.40. The number of likely N-dealkylation sites (tertiary alicyclic amines) is 1. The molecule has 1 saturated heterocycles. The van der Waals surface area contributed by atoms with E-state index >= 15 is 0 Å². The number of carbonyl (C=O) groups excluding carboxylic acids is 1. The van der Waals surface area contributed by atoms with Gasteiger partial charge in [-0.25, -0.2) is 14.2 Å². The van der Waals surface area contributed by atoms with Crippen LogP contribution in [-0.4, -0.2) is 48.3 Å². The molecule has 0 radical (unpaired) electrons. The van der Waals surface area contributed by atoms with E-state index in [9.17, 15) is 14.4 Å². The molecule has 1 aromatic carbocycles. The third-order valence-electron chi connectivity index (χ3n) is 6.11. The van der Waals surface area contributed by atoms with Gasteiger partial charge in [0.25, 0.3) is 11.1 Å². The molecule has 0 bridgehead atoms. The Labute approximate surface area is 183 Å². The maximum Gasteiger partial charge on any atom is 0.274 e. The lowest BCUT2D eigenvalue weighted by molar-refractivity contribution is -0.132. The Bertz CT molecular complexity index is 1430. The van der Waals surface area contributed by atoms with Gasteiger partial charge in [0.1, 0.15) is 0 Å². The quantitative estimate of drug-likeness (QED) is 0.530. The van der Waals surface area contributed by atoms with E-state index in [-0.39, 0.29) is 35.9 Å². The fourth-order valence-corrected chi connectivity index (χ4v) is 4.44. The van der Waals surface area contributed by atoms with Crippen molar-refractivity contribution in [1.82, 2.24) is 29.3 Å². The van der Waals surface area contributed by atoms with Gasteiger partial charge in [0.05, 0.1) is 18.1 Å². The molecule has 3 aromatic heterocycles. The van der Waals surface area contributed by atoms with Crippen LogP contribution in [0.1, 0.15) is 36.6 Å². The lowest BCUT2D eigenvalue weighted by Gasteiger charge is -2.32. The van der Waals surface area contributed by atoms with Crippen molar-refractivity contribution in [3.63, 3.8) is 0 Å². The van der Waals surface area contributed by atoms with Crippen LogP contribution in [0.5, 0.6) is 0 Å². The Morgan fingerprint density at radius 3 is 2.94 bits per heavy atom. The lowest BCUT2D eigenvalue weighted by atomic mass is 9.94. The van der Waals surface area contributed by atoms with Crippen LogP contribution in [0.4, 0.5) is 0 Å². The molecular formula is C23H24N6O3. The first kappa shape index (κ1) is 20.2. The molecule has 1 N–H and O–H groups in total. The number of benzene rings is 1. The molecule has 0 unspecified atom stereocenters. The zero-order chi connectivity index (χ0) is 22.2. The van der Waals surface area contributed by atoms with E-state index < -0.39 is 0 Å². The summed E-state index contributed by atoms with van der Waals surface area (Å²) < 4.78 is 2.81. The van der Waals surface area contributed by atoms with Crippen molar-refractivity contribution < 1.29 is 4.79 Å². The average Bonchev–Trinajstić information content (AvgIpc) is 3.23. The Balaban J connectivity index is 1.29. The second-order valence-electron chi connectivity index (χ2n) is 8.33. The number of piperidine rings is 1. The van der Waals surface area contributed by atoms with E-state index in [0.29, 0.717) is 29.8 Å². The predicted molar refractivity (Wildman–Crippen MR) is 120 cm³/mol. The Hall–Kier alpha value is -3.75. The fraction of sp³-hybridized carbons (Fsp3) is 0.348. The number of fused-ring (bicyclic) bond motifs is 2. The molecule has 1 atom stereocenters. The number of nitrogens with one attached hydrogen (secondary N) is 1. The summed E-state index contributed by atoms with van der Waals surface area (Å²) in [6, 6.07) is 10.7. The van der Waals surface area contributed by atoms with Crippen molar-refractivity contribution in [2.45, 2.75) is 38.6 Å². The largest absolute Gasteiger partial charge is 0.342 e. The molecule has 0 saturated carbocycles. The van der Waals surface area contributed by atoms with Gasteiger partial charge in [-0.3, -0.25) is 19.5 Å². The van der Waals surface area contributed by atoms with Crippen LogP contribution in [0.3, 0.4) is 0 Å². The summed E-state index contributed by atoms with van der Waals surface area (Å²) in [5.41, 5.74) is 1.86. The third kappa shape index (κ3) is 3.70. The molecule has 5 rings (SSSR count). The van der Waals surface area contributed by atoms with Crippen molar-refractivity contribution in [1.29, 1.82) is 0 Å². The number of aryl methyl sites for hydroxylation is 2. The van der Waals surface area contributed by atoms with Crippen LogP contribution in [-0.2, 0) is 11.3 Å². The molecule has 9 nitrogen and oxygen atoms in total. The van der Waals surface area contributed by atoms with Crippen molar-refractivity contribution in [2.24, 2.45) is 0 Å². The molecule has 164 valence electrons. The topological polar surface area (TPSA) is 105 Å². The number of nitrogens with zero attached hydrogens (tertiary/aromatic N) is 5. The second-order valence-corrected chi connectivity index (χ2v) is 8.33. The van der Waals surface area contributed by atoms with E-state index in [1.54, 1.807) is 19.2 Å². The number of hydrogen-bond donors (Lipinski definition) is 1.